The third-order valence-corrected chi connectivity index (χ3v) is 5.46. The van der Waals surface area contributed by atoms with Crippen LogP contribution in [0.5, 0.6) is 0 Å². The number of ether oxygens (including phenoxy) is 1. The first-order valence-corrected chi connectivity index (χ1v) is 9.88. The summed E-state index contributed by atoms with van der Waals surface area (Å²) in [6.07, 6.45) is 0. The summed E-state index contributed by atoms with van der Waals surface area (Å²) in [6.45, 7) is 9.87. The molecule has 1 amide bonds. The second-order valence-corrected chi connectivity index (χ2v) is 8.77. The minimum Gasteiger partial charge on any atom is -0.379 e. The van der Waals surface area contributed by atoms with E-state index >= 15 is 0 Å². The molecule has 25 heavy (non-hydrogen) atoms. The fourth-order valence-electron chi connectivity index (χ4n) is 2.50. The summed E-state index contributed by atoms with van der Waals surface area (Å²) < 4.78 is 32.4. The zero-order valence-electron chi connectivity index (χ0n) is 15.0. The molecule has 0 unspecified atom stereocenters. The summed E-state index contributed by atoms with van der Waals surface area (Å²) >= 11 is 0. The molecule has 1 saturated heterocycles. The van der Waals surface area contributed by atoms with E-state index in [0.717, 1.165) is 32.8 Å². The average molecular weight is 369 g/mol. The van der Waals surface area contributed by atoms with E-state index in [4.69, 9.17) is 4.74 Å². The molecule has 1 aliphatic rings. The van der Waals surface area contributed by atoms with Gasteiger partial charge in [0.2, 0.25) is 10.0 Å². The van der Waals surface area contributed by atoms with E-state index in [2.05, 4.69) is 14.9 Å². The first-order chi connectivity index (χ1) is 11.7. The van der Waals surface area contributed by atoms with Gasteiger partial charge in [0.05, 0.1) is 18.1 Å². The van der Waals surface area contributed by atoms with E-state index in [0.29, 0.717) is 12.1 Å². The largest absolute Gasteiger partial charge is 0.379 e. The number of amides is 1. The van der Waals surface area contributed by atoms with Gasteiger partial charge in [-0.15, -0.1) is 0 Å². The summed E-state index contributed by atoms with van der Waals surface area (Å²) in [6, 6.07) is 5.96. The van der Waals surface area contributed by atoms with E-state index < -0.39 is 15.6 Å². The predicted octanol–water partition coefficient (Wildman–Crippen LogP) is 0.825. The summed E-state index contributed by atoms with van der Waals surface area (Å²) in [4.78, 5) is 14.5. The Bertz CT molecular complexity index is 675. The lowest BCUT2D eigenvalue weighted by atomic mass is 10.1. The fraction of sp³-hybridized carbons (Fsp3) is 0.588. The van der Waals surface area contributed by atoms with Gasteiger partial charge in [0, 0.05) is 37.3 Å². The lowest BCUT2D eigenvalue weighted by Gasteiger charge is -2.26. The van der Waals surface area contributed by atoms with Gasteiger partial charge in [-0.25, -0.2) is 13.1 Å². The van der Waals surface area contributed by atoms with Crippen LogP contribution in [0.3, 0.4) is 0 Å². The van der Waals surface area contributed by atoms with Gasteiger partial charge in [-0.1, -0.05) is 0 Å². The molecular weight excluding hydrogens is 342 g/mol. The number of benzene rings is 1. The Morgan fingerprint density at radius 2 is 1.76 bits per heavy atom. The maximum absolute atomic E-state index is 12.2. The van der Waals surface area contributed by atoms with Crippen molar-refractivity contribution in [1.82, 2.24) is 14.9 Å². The van der Waals surface area contributed by atoms with Gasteiger partial charge in [-0.05, 0) is 45.0 Å². The van der Waals surface area contributed by atoms with Crippen molar-refractivity contribution in [1.29, 1.82) is 0 Å². The number of hydrogen-bond acceptors (Lipinski definition) is 5. The van der Waals surface area contributed by atoms with Crippen LogP contribution in [0.1, 0.15) is 31.1 Å². The normalized spacial score (nSPS) is 16.6. The molecule has 0 saturated carbocycles. The Labute approximate surface area is 149 Å². The molecule has 8 heteroatoms. The Hall–Kier alpha value is -1.48. The van der Waals surface area contributed by atoms with Crippen molar-refractivity contribution >= 4 is 15.9 Å². The first-order valence-electron chi connectivity index (χ1n) is 8.40. The molecule has 140 valence electrons. The van der Waals surface area contributed by atoms with E-state index in [9.17, 15) is 13.2 Å². The Kier molecular flexibility index (Phi) is 6.56. The van der Waals surface area contributed by atoms with Crippen molar-refractivity contribution in [2.45, 2.75) is 31.2 Å². The molecule has 0 spiro atoms. The monoisotopic (exact) mass is 369 g/mol. The lowest BCUT2D eigenvalue weighted by molar-refractivity contribution is 0.0383. The van der Waals surface area contributed by atoms with Crippen LogP contribution in [0.25, 0.3) is 0 Å². The van der Waals surface area contributed by atoms with Crippen LogP contribution in [-0.4, -0.2) is 64.2 Å². The van der Waals surface area contributed by atoms with Crippen molar-refractivity contribution in [3.05, 3.63) is 29.8 Å². The maximum atomic E-state index is 12.2. The molecule has 0 aliphatic carbocycles. The van der Waals surface area contributed by atoms with Crippen LogP contribution in [0.15, 0.2) is 29.2 Å². The van der Waals surface area contributed by atoms with Gasteiger partial charge in [0.1, 0.15) is 0 Å². The van der Waals surface area contributed by atoms with E-state index in [1.807, 2.05) is 0 Å². The van der Waals surface area contributed by atoms with Crippen molar-refractivity contribution in [2.24, 2.45) is 0 Å². The van der Waals surface area contributed by atoms with Crippen molar-refractivity contribution < 1.29 is 17.9 Å². The quantitative estimate of drug-likeness (QED) is 0.775. The minimum atomic E-state index is -3.59. The third-order valence-electron chi connectivity index (χ3n) is 3.68. The zero-order chi connectivity index (χ0) is 18.5. The molecule has 7 nitrogen and oxygen atoms in total. The van der Waals surface area contributed by atoms with Gasteiger partial charge in [-0.3, -0.25) is 9.69 Å². The number of nitrogens with zero attached hydrogens (tertiary/aromatic N) is 1. The Morgan fingerprint density at radius 1 is 1.16 bits per heavy atom. The number of carbonyl (C=O) groups excluding carboxylic acids is 1. The molecule has 1 aromatic rings. The second-order valence-electron chi connectivity index (χ2n) is 7.09. The predicted molar refractivity (Wildman–Crippen MR) is 96.1 cm³/mol. The first kappa shape index (κ1) is 19.8. The molecule has 1 aromatic carbocycles. The number of morpholine rings is 1. The molecule has 1 fully saturated rings. The molecule has 1 heterocycles. The SMILES string of the molecule is CC(C)(C)NS(=O)(=O)c1ccc(C(=O)NCCN2CCOCC2)cc1. The number of carbonyl (C=O) groups is 1. The molecule has 0 bridgehead atoms. The average Bonchev–Trinajstić information content (AvgIpc) is 2.54. The van der Waals surface area contributed by atoms with Crippen molar-refractivity contribution in [2.75, 3.05) is 39.4 Å². The molecular formula is C17H27N3O4S. The Morgan fingerprint density at radius 3 is 2.32 bits per heavy atom. The van der Waals surface area contributed by atoms with Gasteiger partial charge in [0.15, 0.2) is 0 Å². The van der Waals surface area contributed by atoms with Gasteiger partial charge < -0.3 is 10.1 Å². The smallest absolute Gasteiger partial charge is 0.251 e. The van der Waals surface area contributed by atoms with Gasteiger partial charge in [-0.2, -0.15) is 0 Å². The maximum Gasteiger partial charge on any atom is 0.251 e. The van der Waals surface area contributed by atoms with Crippen LogP contribution in [-0.2, 0) is 14.8 Å². The number of rotatable bonds is 6. The Balaban J connectivity index is 1.89. The minimum absolute atomic E-state index is 0.146. The van der Waals surface area contributed by atoms with Crippen LogP contribution in [0.4, 0.5) is 0 Å². The van der Waals surface area contributed by atoms with E-state index in [1.54, 1.807) is 20.8 Å². The molecule has 0 radical (unpaired) electrons. The second kappa shape index (κ2) is 8.27. The van der Waals surface area contributed by atoms with E-state index in [-0.39, 0.29) is 10.8 Å². The molecule has 2 rings (SSSR count). The summed E-state index contributed by atoms with van der Waals surface area (Å²) in [5.41, 5.74) is -0.120. The van der Waals surface area contributed by atoms with Crippen LogP contribution >= 0.6 is 0 Å². The highest BCUT2D eigenvalue weighted by atomic mass is 32.2. The number of sulfonamides is 1. The summed E-state index contributed by atoms with van der Waals surface area (Å²) in [5, 5.41) is 2.86. The van der Waals surface area contributed by atoms with Crippen LogP contribution < -0.4 is 10.0 Å². The standard InChI is InChI=1S/C17H27N3O4S/c1-17(2,3)19-25(22,23)15-6-4-14(5-7-15)16(21)18-8-9-20-10-12-24-13-11-20/h4-7,19H,8-13H2,1-3H3,(H,18,21). The summed E-state index contributed by atoms with van der Waals surface area (Å²) in [7, 11) is -3.59. The van der Waals surface area contributed by atoms with Crippen molar-refractivity contribution in [3.8, 4) is 0 Å². The molecule has 2 N–H and O–H groups in total. The highest BCUT2D eigenvalue weighted by Gasteiger charge is 2.22. The molecule has 0 atom stereocenters. The highest BCUT2D eigenvalue weighted by Crippen LogP contribution is 2.14. The zero-order valence-corrected chi connectivity index (χ0v) is 15.9. The lowest BCUT2D eigenvalue weighted by Crippen LogP contribution is -2.41. The number of nitrogens with one attached hydrogen (secondary N) is 2. The molecule has 0 aromatic heterocycles. The fourth-order valence-corrected chi connectivity index (χ4v) is 3.92. The highest BCUT2D eigenvalue weighted by molar-refractivity contribution is 7.89. The van der Waals surface area contributed by atoms with Crippen molar-refractivity contribution in [3.63, 3.8) is 0 Å². The topological polar surface area (TPSA) is 87.7 Å². The van der Waals surface area contributed by atoms with Crippen LogP contribution in [0.2, 0.25) is 0 Å². The summed E-state index contributed by atoms with van der Waals surface area (Å²) in [5.74, 6) is -0.207. The number of hydrogen-bond donors (Lipinski definition) is 2. The van der Waals surface area contributed by atoms with Gasteiger partial charge in [0.25, 0.3) is 5.91 Å². The van der Waals surface area contributed by atoms with E-state index in [1.165, 1.54) is 24.3 Å². The molecule has 1 aliphatic heterocycles. The van der Waals surface area contributed by atoms with Crippen LogP contribution in [0, 0.1) is 0 Å². The third kappa shape index (κ3) is 6.39. The van der Waals surface area contributed by atoms with Gasteiger partial charge >= 0.3 is 0 Å².